The van der Waals surface area contributed by atoms with Crippen LogP contribution in [0.4, 0.5) is 5.69 Å². The summed E-state index contributed by atoms with van der Waals surface area (Å²) in [5.74, 6) is 0.283. The number of carbonyl (C=O) groups is 2. The van der Waals surface area contributed by atoms with Gasteiger partial charge in [0, 0.05) is 42.7 Å². The van der Waals surface area contributed by atoms with E-state index in [9.17, 15) is 9.59 Å². The van der Waals surface area contributed by atoms with Crippen LogP contribution in [0.15, 0.2) is 66.9 Å². The van der Waals surface area contributed by atoms with Crippen molar-refractivity contribution >= 4 is 17.5 Å². The molecule has 0 radical (unpaired) electrons. The zero-order chi connectivity index (χ0) is 20.1. The SMILES string of the molecule is O=C(Nc1cccc(Oc2ccccc2)c1)C(=O)N1CCC[C@H](c2ccn[nH]2)C1. The topological polar surface area (TPSA) is 87.3 Å². The Kier molecular flexibility index (Phi) is 5.56. The van der Waals surface area contributed by atoms with Crippen LogP contribution < -0.4 is 10.1 Å². The van der Waals surface area contributed by atoms with E-state index >= 15 is 0 Å². The van der Waals surface area contributed by atoms with E-state index in [-0.39, 0.29) is 5.92 Å². The van der Waals surface area contributed by atoms with E-state index in [1.54, 1.807) is 35.4 Å². The van der Waals surface area contributed by atoms with Crippen LogP contribution in [0.3, 0.4) is 0 Å². The van der Waals surface area contributed by atoms with Crippen LogP contribution in [0, 0.1) is 0 Å². The first kappa shape index (κ1) is 18.7. The second-order valence-corrected chi connectivity index (χ2v) is 7.00. The highest BCUT2D eigenvalue weighted by Gasteiger charge is 2.29. The Hall–Kier alpha value is -3.61. The molecule has 2 heterocycles. The molecule has 0 bridgehead atoms. The lowest BCUT2D eigenvalue weighted by Crippen LogP contribution is -2.44. The fraction of sp³-hybridized carbons (Fsp3) is 0.227. The molecule has 1 aliphatic heterocycles. The molecule has 4 rings (SSSR count). The molecule has 0 saturated carbocycles. The smallest absolute Gasteiger partial charge is 0.313 e. The molecule has 3 aromatic rings. The normalized spacial score (nSPS) is 16.3. The predicted molar refractivity (Wildman–Crippen MR) is 109 cm³/mol. The van der Waals surface area contributed by atoms with Gasteiger partial charge in [0.25, 0.3) is 0 Å². The number of nitrogens with one attached hydrogen (secondary N) is 2. The quantitative estimate of drug-likeness (QED) is 0.667. The highest BCUT2D eigenvalue weighted by Crippen LogP contribution is 2.26. The average molecular weight is 390 g/mol. The largest absolute Gasteiger partial charge is 0.457 e. The lowest BCUT2D eigenvalue weighted by molar-refractivity contribution is -0.144. The Morgan fingerprint density at radius 2 is 1.90 bits per heavy atom. The van der Waals surface area contributed by atoms with Gasteiger partial charge in [0.2, 0.25) is 0 Å². The van der Waals surface area contributed by atoms with Crippen molar-refractivity contribution in [2.24, 2.45) is 0 Å². The maximum Gasteiger partial charge on any atom is 0.313 e. The molecule has 0 unspecified atom stereocenters. The molecule has 1 aliphatic rings. The van der Waals surface area contributed by atoms with Gasteiger partial charge in [-0.25, -0.2) is 0 Å². The second-order valence-electron chi connectivity index (χ2n) is 7.00. The number of carbonyl (C=O) groups excluding carboxylic acids is 2. The summed E-state index contributed by atoms with van der Waals surface area (Å²) in [6.45, 7) is 1.08. The van der Waals surface area contributed by atoms with Gasteiger partial charge in [-0.3, -0.25) is 14.7 Å². The first-order valence-corrected chi connectivity index (χ1v) is 9.61. The number of nitrogens with zero attached hydrogens (tertiary/aromatic N) is 2. The van der Waals surface area contributed by atoms with Crippen LogP contribution in [0.1, 0.15) is 24.5 Å². The van der Waals surface area contributed by atoms with Crippen LogP contribution in [-0.4, -0.2) is 40.0 Å². The third kappa shape index (κ3) is 4.63. The summed E-state index contributed by atoms with van der Waals surface area (Å²) in [5.41, 5.74) is 1.51. The predicted octanol–water partition coefficient (Wildman–Crippen LogP) is 3.55. The Labute approximate surface area is 168 Å². The molecule has 1 atom stereocenters. The van der Waals surface area contributed by atoms with E-state index in [4.69, 9.17) is 4.74 Å². The zero-order valence-corrected chi connectivity index (χ0v) is 15.9. The van der Waals surface area contributed by atoms with E-state index in [2.05, 4.69) is 15.5 Å². The summed E-state index contributed by atoms with van der Waals surface area (Å²) in [6, 6.07) is 18.3. The summed E-state index contributed by atoms with van der Waals surface area (Å²) in [7, 11) is 0. The van der Waals surface area contributed by atoms with Crippen LogP contribution >= 0.6 is 0 Å². The zero-order valence-electron chi connectivity index (χ0n) is 15.9. The Bertz CT molecular complexity index is 973. The molecule has 2 aromatic carbocycles. The van der Waals surface area contributed by atoms with Gasteiger partial charge < -0.3 is 15.0 Å². The number of anilines is 1. The molecule has 148 valence electrons. The molecule has 0 spiro atoms. The van der Waals surface area contributed by atoms with Crippen molar-refractivity contribution in [3.05, 3.63) is 72.6 Å². The summed E-state index contributed by atoms with van der Waals surface area (Å²) >= 11 is 0. The molecule has 2 N–H and O–H groups in total. The minimum Gasteiger partial charge on any atom is -0.457 e. The van der Waals surface area contributed by atoms with Crippen molar-refractivity contribution in [2.75, 3.05) is 18.4 Å². The van der Waals surface area contributed by atoms with Crippen molar-refractivity contribution in [3.8, 4) is 11.5 Å². The molecule has 2 amide bonds. The number of ether oxygens (including phenoxy) is 1. The Morgan fingerprint density at radius 1 is 1.07 bits per heavy atom. The third-order valence-electron chi connectivity index (χ3n) is 4.94. The van der Waals surface area contributed by atoms with Crippen molar-refractivity contribution in [3.63, 3.8) is 0 Å². The second kappa shape index (κ2) is 8.60. The maximum absolute atomic E-state index is 12.7. The molecule has 7 heteroatoms. The lowest BCUT2D eigenvalue weighted by Gasteiger charge is -2.31. The molecule has 1 saturated heterocycles. The van der Waals surface area contributed by atoms with Gasteiger partial charge in [0.1, 0.15) is 11.5 Å². The van der Waals surface area contributed by atoms with Gasteiger partial charge in [0.05, 0.1) is 0 Å². The number of aromatic amines is 1. The number of likely N-dealkylation sites (tertiary alicyclic amines) is 1. The van der Waals surface area contributed by atoms with Gasteiger partial charge in [-0.2, -0.15) is 5.10 Å². The number of amides is 2. The molecular formula is C22H22N4O3. The maximum atomic E-state index is 12.7. The molecule has 1 aromatic heterocycles. The highest BCUT2D eigenvalue weighted by molar-refractivity contribution is 6.39. The molecule has 0 aliphatic carbocycles. The van der Waals surface area contributed by atoms with Gasteiger partial charge >= 0.3 is 11.8 Å². The van der Waals surface area contributed by atoms with Gasteiger partial charge in [0.15, 0.2) is 0 Å². The van der Waals surface area contributed by atoms with Crippen LogP contribution in [0.2, 0.25) is 0 Å². The van der Waals surface area contributed by atoms with Gasteiger partial charge in [-0.1, -0.05) is 24.3 Å². The number of aromatic nitrogens is 2. The Balaban J connectivity index is 1.38. The first-order valence-electron chi connectivity index (χ1n) is 9.61. The summed E-state index contributed by atoms with van der Waals surface area (Å²) in [5, 5.41) is 9.62. The number of rotatable bonds is 4. The molecule has 7 nitrogen and oxygen atoms in total. The fourth-order valence-corrected chi connectivity index (χ4v) is 3.50. The highest BCUT2D eigenvalue weighted by atomic mass is 16.5. The Morgan fingerprint density at radius 3 is 2.69 bits per heavy atom. The van der Waals surface area contributed by atoms with E-state index in [1.807, 2.05) is 36.4 Å². The lowest BCUT2D eigenvalue weighted by atomic mass is 9.95. The first-order chi connectivity index (χ1) is 14.2. The molecule has 29 heavy (non-hydrogen) atoms. The van der Waals surface area contributed by atoms with Gasteiger partial charge in [-0.15, -0.1) is 0 Å². The van der Waals surface area contributed by atoms with Crippen LogP contribution in [0.25, 0.3) is 0 Å². The van der Waals surface area contributed by atoms with Crippen molar-refractivity contribution < 1.29 is 14.3 Å². The van der Waals surface area contributed by atoms with Crippen molar-refractivity contribution in [1.29, 1.82) is 0 Å². The minimum absolute atomic E-state index is 0.172. The summed E-state index contributed by atoms with van der Waals surface area (Å²) in [6.07, 6.45) is 3.52. The molecule has 1 fully saturated rings. The van der Waals surface area contributed by atoms with E-state index in [0.29, 0.717) is 30.3 Å². The van der Waals surface area contributed by atoms with Gasteiger partial charge in [-0.05, 0) is 43.2 Å². The summed E-state index contributed by atoms with van der Waals surface area (Å²) < 4.78 is 5.78. The minimum atomic E-state index is -0.646. The monoisotopic (exact) mass is 390 g/mol. The number of hydrogen-bond acceptors (Lipinski definition) is 4. The van der Waals surface area contributed by atoms with E-state index in [0.717, 1.165) is 18.5 Å². The van der Waals surface area contributed by atoms with Crippen molar-refractivity contribution in [2.45, 2.75) is 18.8 Å². The third-order valence-corrected chi connectivity index (χ3v) is 4.94. The number of para-hydroxylation sites is 1. The molecular weight excluding hydrogens is 368 g/mol. The number of H-pyrrole nitrogens is 1. The number of benzene rings is 2. The van der Waals surface area contributed by atoms with Crippen molar-refractivity contribution in [1.82, 2.24) is 15.1 Å². The van der Waals surface area contributed by atoms with E-state index in [1.165, 1.54) is 0 Å². The average Bonchev–Trinajstić information content (AvgIpc) is 3.29. The summed E-state index contributed by atoms with van der Waals surface area (Å²) in [4.78, 5) is 26.8. The standard InChI is InChI=1S/C22H22N4O3/c27-21(22(28)26-13-5-6-16(15-26)20-11-12-23-25-20)24-17-7-4-10-19(14-17)29-18-8-2-1-3-9-18/h1-4,7-12,14,16H,5-6,13,15H2,(H,23,25)(H,24,27)/t16-/m0/s1. The van der Waals surface area contributed by atoms with Crippen LogP contribution in [-0.2, 0) is 9.59 Å². The van der Waals surface area contributed by atoms with Crippen LogP contribution in [0.5, 0.6) is 11.5 Å². The fourth-order valence-electron chi connectivity index (χ4n) is 3.50. The van der Waals surface area contributed by atoms with E-state index < -0.39 is 11.8 Å². The number of piperidine rings is 1. The number of hydrogen-bond donors (Lipinski definition) is 2.